The number of carbonyl (C=O) groups excluding carboxylic acids is 2. The average Bonchev–Trinajstić information content (AvgIpc) is 2.86. The predicted molar refractivity (Wildman–Crippen MR) is 117 cm³/mol. The minimum Gasteiger partial charge on any atom is -0.417 e. The Kier molecular flexibility index (Phi) is 7.15. The number of Topliss-reactive ketones (excluding diaryl/α,β-unsaturated/α-hetero) is 1. The van der Waals surface area contributed by atoms with Crippen molar-refractivity contribution in [3.05, 3.63) is 0 Å². The Balaban J connectivity index is 1.97. The molecule has 2 aliphatic heterocycles. The van der Waals surface area contributed by atoms with Crippen LogP contribution in [0.15, 0.2) is 0 Å². The number of hydrogen-bond acceptors (Lipinski definition) is 7. The van der Waals surface area contributed by atoms with E-state index in [4.69, 9.17) is 16.6 Å². The van der Waals surface area contributed by atoms with E-state index in [1.807, 2.05) is 0 Å². The Labute approximate surface area is 170 Å². The van der Waals surface area contributed by atoms with Gasteiger partial charge < -0.3 is 4.43 Å². The zero-order valence-electron chi connectivity index (χ0n) is 15.5. The number of carbonyl (C=O) groups is 2. The third-order valence-corrected chi connectivity index (χ3v) is 13.7. The maximum Gasteiger partial charge on any atom is 0.247 e. The van der Waals surface area contributed by atoms with Crippen molar-refractivity contribution < 1.29 is 14.0 Å². The molecule has 4 nitrogen and oxygen atoms in total. The lowest BCUT2D eigenvalue weighted by atomic mass is 10.0. The predicted octanol–water partition coefficient (Wildman–Crippen LogP) is 4.00. The van der Waals surface area contributed by atoms with E-state index in [1.54, 1.807) is 27.8 Å². The second-order valence-corrected chi connectivity index (χ2v) is 16.8. The Morgan fingerprint density at radius 3 is 2.60 bits per heavy atom. The highest BCUT2D eigenvalue weighted by molar-refractivity contribution is 8.19. The Bertz CT molecular complexity index is 552. The highest BCUT2D eigenvalue weighted by Gasteiger charge is 2.50. The van der Waals surface area contributed by atoms with E-state index >= 15 is 0 Å². The molecule has 1 amide bonds. The summed E-state index contributed by atoms with van der Waals surface area (Å²) in [5.41, 5.74) is 0. The first-order chi connectivity index (χ1) is 11.5. The lowest BCUT2D eigenvalue weighted by Crippen LogP contribution is -2.54. The molecule has 0 aromatic carbocycles. The molecular formula is C16H27NO3S4Si. The number of β-lactam (4-membered cyclic amide) rings is 1. The molecule has 2 saturated heterocycles. The van der Waals surface area contributed by atoms with Crippen molar-refractivity contribution >= 4 is 72.4 Å². The smallest absolute Gasteiger partial charge is 0.247 e. The van der Waals surface area contributed by atoms with Gasteiger partial charge in [0.1, 0.15) is 5.25 Å². The van der Waals surface area contributed by atoms with Gasteiger partial charge in [-0.2, -0.15) is 11.8 Å². The number of amides is 1. The lowest BCUT2D eigenvalue weighted by molar-refractivity contribution is -0.131. The molecule has 0 aromatic heterocycles. The van der Waals surface area contributed by atoms with Gasteiger partial charge in [0.15, 0.2) is 14.1 Å². The first-order valence-corrected chi connectivity index (χ1v) is 14.6. The normalized spacial score (nSPS) is 27.6. The quantitative estimate of drug-likeness (QED) is 0.246. The molecule has 2 aliphatic rings. The summed E-state index contributed by atoms with van der Waals surface area (Å²) in [4.78, 5) is 24.8. The Hall–Kier alpha value is 0.457. The molecule has 1 unspecified atom stereocenters. The van der Waals surface area contributed by atoms with E-state index in [0.717, 1.165) is 5.75 Å². The average molecular weight is 438 g/mol. The monoisotopic (exact) mass is 437 g/mol. The minimum absolute atomic E-state index is 0.0745. The van der Waals surface area contributed by atoms with Gasteiger partial charge in [0.05, 0.1) is 21.7 Å². The fourth-order valence-corrected chi connectivity index (χ4v) is 7.75. The van der Waals surface area contributed by atoms with Crippen LogP contribution >= 0.6 is 47.7 Å². The van der Waals surface area contributed by atoms with Crippen molar-refractivity contribution in [2.24, 2.45) is 0 Å². The van der Waals surface area contributed by atoms with Crippen molar-refractivity contribution in [1.29, 1.82) is 0 Å². The maximum atomic E-state index is 12.6. The van der Waals surface area contributed by atoms with Gasteiger partial charge in [-0.15, -0.1) is 11.8 Å². The third kappa shape index (κ3) is 4.84. The van der Waals surface area contributed by atoms with Crippen molar-refractivity contribution in [1.82, 2.24) is 4.31 Å². The fraction of sp³-hybridized carbons (Fsp3) is 0.812. The summed E-state index contributed by atoms with van der Waals surface area (Å²) in [7, 11) is -1.82. The molecule has 0 aromatic rings. The van der Waals surface area contributed by atoms with Crippen LogP contribution < -0.4 is 0 Å². The zero-order chi connectivity index (χ0) is 18.9. The summed E-state index contributed by atoms with van der Waals surface area (Å²) in [6, 6.07) is 0. The molecule has 0 aliphatic carbocycles. The summed E-state index contributed by atoms with van der Waals surface area (Å²) in [6.07, 6.45) is 0.695. The number of rotatable bonds is 8. The topological polar surface area (TPSA) is 46.6 Å². The molecule has 2 atom stereocenters. The standard InChI is InChI=1S/C16H27NO3S4Si/c1-15(2,3)25(4,5)20-7-6-16(10-22-9-13(16)18)24-12-8-17(14(12)19)23-11-21/h11-12H,6-10H2,1-5H3/t12-,16?/m1/s1. The van der Waals surface area contributed by atoms with E-state index in [2.05, 4.69) is 33.9 Å². The van der Waals surface area contributed by atoms with Gasteiger partial charge in [0, 0.05) is 12.4 Å². The van der Waals surface area contributed by atoms with Crippen molar-refractivity contribution in [3.63, 3.8) is 0 Å². The largest absolute Gasteiger partial charge is 0.417 e. The third-order valence-electron chi connectivity index (χ3n) is 5.24. The van der Waals surface area contributed by atoms with Gasteiger partial charge in [0.25, 0.3) is 0 Å². The van der Waals surface area contributed by atoms with Crippen LogP contribution in [0, 0.1) is 0 Å². The molecule has 2 fully saturated rings. The highest BCUT2D eigenvalue weighted by Crippen LogP contribution is 2.46. The Morgan fingerprint density at radius 2 is 2.12 bits per heavy atom. The molecule has 9 heteroatoms. The Morgan fingerprint density at radius 1 is 1.44 bits per heavy atom. The molecule has 0 N–H and O–H groups in total. The molecule has 2 heterocycles. The fourth-order valence-electron chi connectivity index (χ4n) is 2.45. The molecular weight excluding hydrogens is 411 g/mol. The first-order valence-electron chi connectivity index (χ1n) is 8.37. The van der Waals surface area contributed by atoms with Crippen molar-refractivity contribution in [2.75, 3.05) is 24.7 Å². The highest BCUT2D eigenvalue weighted by atomic mass is 32.2. The number of hydrogen-bond donors (Lipinski definition) is 0. The molecule has 0 bridgehead atoms. The second kappa shape index (κ2) is 8.22. The molecule has 25 heavy (non-hydrogen) atoms. The number of ketones is 1. The summed E-state index contributed by atoms with van der Waals surface area (Å²) in [5.74, 6) is 1.66. The number of thiocarbonyl (C=S) groups is 1. The van der Waals surface area contributed by atoms with Gasteiger partial charge in [-0.25, -0.2) is 0 Å². The molecule has 2 rings (SSSR count). The van der Waals surface area contributed by atoms with Crippen LogP contribution in [0.1, 0.15) is 27.2 Å². The molecule has 0 radical (unpaired) electrons. The van der Waals surface area contributed by atoms with Crippen LogP contribution in [-0.4, -0.2) is 63.7 Å². The van der Waals surface area contributed by atoms with Crippen molar-refractivity contribution in [2.45, 2.75) is 55.3 Å². The molecule has 142 valence electrons. The minimum atomic E-state index is -1.82. The van der Waals surface area contributed by atoms with Gasteiger partial charge in [-0.1, -0.05) is 33.0 Å². The SMILES string of the molecule is CC(C)(C)[Si](C)(C)OCCC1(S[C@@H]2CN(SC=S)C2=O)CSCC1=O. The van der Waals surface area contributed by atoms with Crippen LogP contribution in [-0.2, 0) is 14.0 Å². The van der Waals surface area contributed by atoms with Crippen molar-refractivity contribution in [3.8, 4) is 0 Å². The van der Waals surface area contributed by atoms with E-state index in [1.165, 1.54) is 16.6 Å². The van der Waals surface area contributed by atoms with Crippen LogP contribution in [0.5, 0.6) is 0 Å². The number of nitrogens with zero attached hydrogens (tertiary/aromatic N) is 1. The van der Waals surface area contributed by atoms with E-state index in [-0.39, 0.29) is 22.0 Å². The molecule has 0 saturated carbocycles. The van der Waals surface area contributed by atoms with Crippen LogP contribution in [0.2, 0.25) is 18.1 Å². The van der Waals surface area contributed by atoms with E-state index < -0.39 is 13.1 Å². The van der Waals surface area contributed by atoms with Gasteiger partial charge in [-0.05, 0) is 36.5 Å². The van der Waals surface area contributed by atoms with Gasteiger partial charge in [-0.3, -0.25) is 13.9 Å². The summed E-state index contributed by atoms with van der Waals surface area (Å²) < 4.78 is 8.99. The molecule has 0 spiro atoms. The summed E-state index contributed by atoms with van der Waals surface area (Å²) in [6.45, 7) is 12.4. The summed E-state index contributed by atoms with van der Waals surface area (Å²) >= 11 is 9.29. The first kappa shape index (κ1) is 21.8. The lowest BCUT2D eigenvalue weighted by Gasteiger charge is -2.41. The van der Waals surface area contributed by atoms with Crippen LogP contribution in [0.25, 0.3) is 0 Å². The second-order valence-electron chi connectivity index (χ2n) is 7.98. The van der Waals surface area contributed by atoms with E-state index in [0.29, 0.717) is 25.3 Å². The van der Waals surface area contributed by atoms with Crippen LogP contribution in [0.3, 0.4) is 0 Å². The van der Waals surface area contributed by atoms with Gasteiger partial charge in [0.2, 0.25) is 5.91 Å². The maximum absolute atomic E-state index is 12.6. The van der Waals surface area contributed by atoms with Crippen LogP contribution in [0.4, 0.5) is 0 Å². The summed E-state index contributed by atoms with van der Waals surface area (Å²) in [5, 5.41) is 0.0300. The van der Waals surface area contributed by atoms with E-state index in [9.17, 15) is 9.59 Å². The van der Waals surface area contributed by atoms with Gasteiger partial charge >= 0.3 is 0 Å². The number of thioether (sulfide) groups is 2. The zero-order valence-corrected chi connectivity index (χ0v) is 19.8.